The average molecular weight is 174 g/mol. The second-order valence-corrected chi connectivity index (χ2v) is 2.35. The van der Waals surface area contributed by atoms with E-state index in [2.05, 4.69) is 6.58 Å². The van der Waals surface area contributed by atoms with Crippen LogP contribution in [0.25, 0.3) is 0 Å². The summed E-state index contributed by atoms with van der Waals surface area (Å²) in [5.41, 5.74) is 0.175. The molecule has 0 saturated heterocycles. The summed E-state index contributed by atoms with van der Waals surface area (Å²) in [5, 5.41) is 8.46. The van der Waals surface area contributed by atoms with Crippen LogP contribution in [0.5, 0.6) is 0 Å². The Morgan fingerprint density at radius 2 is 2.00 bits per heavy atom. The third kappa shape index (κ3) is 4.10. The molecule has 0 amide bonds. The SMILES string of the molecule is C=C(CCC(OC)OC)C(=O)O. The highest BCUT2D eigenvalue weighted by Crippen LogP contribution is 2.08. The maximum Gasteiger partial charge on any atom is 0.330 e. The summed E-state index contributed by atoms with van der Waals surface area (Å²) in [4.78, 5) is 10.3. The molecule has 0 fully saturated rings. The van der Waals surface area contributed by atoms with Crippen LogP contribution >= 0.6 is 0 Å². The summed E-state index contributed by atoms with van der Waals surface area (Å²) in [6.45, 7) is 3.38. The Morgan fingerprint density at radius 3 is 2.33 bits per heavy atom. The molecule has 4 nitrogen and oxygen atoms in total. The fourth-order valence-corrected chi connectivity index (χ4v) is 0.731. The average Bonchev–Trinajstić information content (AvgIpc) is 2.05. The van der Waals surface area contributed by atoms with Crippen molar-refractivity contribution in [3.8, 4) is 0 Å². The topological polar surface area (TPSA) is 55.8 Å². The van der Waals surface area contributed by atoms with E-state index in [1.54, 1.807) is 0 Å². The monoisotopic (exact) mass is 174 g/mol. The first kappa shape index (κ1) is 11.1. The first-order valence-corrected chi connectivity index (χ1v) is 3.58. The zero-order valence-electron chi connectivity index (χ0n) is 7.37. The normalized spacial score (nSPS) is 10.2. The van der Waals surface area contributed by atoms with Crippen molar-refractivity contribution in [1.29, 1.82) is 0 Å². The Hall–Kier alpha value is -0.870. The van der Waals surface area contributed by atoms with Crippen LogP contribution in [-0.2, 0) is 14.3 Å². The molecule has 0 heterocycles. The lowest BCUT2D eigenvalue weighted by Crippen LogP contribution is -2.13. The number of carbonyl (C=O) groups is 1. The van der Waals surface area contributed by atoms with Crippen LogP contribution in [0, 0.1) is 0 Å². The minimum atomic E-state index is -0.971. The quantitative estimate of drug-likeness (QED) is 0.482. The highest BCUT2D eigenvalue weighted by molar-refractivity contribution is 5.85. The van der Waals surface area contributed by atoms with E-state index in [-0.39, 0.29) is 11.9 Å². The van der Waals surface area contributed by atoms with Gasteiger partial charge in [-0.25, -0.2) is 4.79 Å². The molecule has 0 bridgehead atoms. The molecule has 0 aliphatic heterocycles. The first-order chi connectivity index (χ1) is 5.61. The molecular weight excluding hydrogens is 160 g/mol. The van der Waals surface area contributed by atoms with Crippen molar-refractivity contribution >= 4 is 5.97 Å². The summed E-state index contributed by atoms with van der Waals surface area (Å²) < 4.78 is 9.75. The van der Waals surface area contributed by atoms with Crippen molar-refractivity contribution in [2.24, 2.45) is 0 Å². The molecule has 0 radical (unpaired) electrons. The van der Waals surface area contributed by atoms with Gasteiger partial charge in [0.25, 0.3) is 0 Å². The van der Waals surface area contributed by atoms with Crippen LogP contribution in [0.1, 0.15) is 12.8 Å². The van der Waals surface area contributed by atoms with Gasteiger partial charge in [0.15, 0.2) is 6.29 Å². The molecule has 0 aromatic rings. The fourth-order valence-electron chi connectivity index (χ4n) is 0.731. The molecular formula is C8H14O4. The Morgan fingerprint density at radius 1 is 1.50 bits per heavy atom. The van der Waals surface area contributed by atoms with E-state index in [1.165, 1.54) is 14.2 Å². The number of rotatable bonds is 6. The van der Waals surface area contributed by atoms with Gasteiger partial charge >= 0.3 is 5.97 Å². The van der Waals surface area contributed by atoms with E-state index in [0.29, 0.717) is 12.8 Å². The maximum absolute atomic E-state index is 10.3. The molecule has 0 atom stereocenters. The van der Waals surface area contributed by atoms with Gasteiger partial charge in [0.2, 0.25) is 0 Å². The van der Waals surface area contributed by atoms with Crippen molar-refractivity contribution < 1.29 is 19.4 Å². The fraction of sp³-hybridized carbons (Fsp3) is 0.625. The molecule has 1 N–H and O–H groups in total. The molecule has 70 valence electrons. The number of hydrogen-bond acceptors (Lipinski definition) is 3. The van der Waals surface area contributed by atoms with Crippen molar-refractivity contribution in [2.75, 3.05) is 14.2 Å². The Balaban J connectivity index is 3.66. The van der Waals surface area contributed by atoms with Crippen LogP contribution in [0.2, 0.25) is 0 Å². The van der Waals surface area contributed by atoms with Crippen molar-refractivity contribution in [3.05, 3.63) is 12.2 Å². The number of hydrogen-bond donors (Lipinski definition) is 1. The standard InChI is InChI=1S/C8H14O4/c1-6(8(9)10)4-5-7(11-2)12-3/h7H,1,4-5H2,2-3H3,(H,9,10). The van der Waals surface area contributed by atoms with E-state index in [0.717, 1.165) is 0 Å². The van der Waals surface area contributed by atoms with E-state index in [1.807, 2.05) is 0 Å². The van der Waals surface area contributed by atoms with Crippen LogP contribution in [0.4, 0.5) is 0 Å². The number of ether oxygens (including phenoxy) is 2. The van der Waals surface area contributed by atoms with Crippen molar-refractivity contribution in [2.45, 2.75) is 19.1 Å². The molecule has 12 heavy (non-hydrogen) atoms. The van der Waals surface area contributed by atoms with Crippen molar-refractivity contribution in [1.82, 2.24) is 0 Å². The smallest absolute Gasteiger partial charge is 0.330 e. The molecule has 0 aliphatic rings. The minimum Gasteiger partial charge on any atom is -0.478 e. The summed E-state index contributed by atoms with van der Waals surface area (Å²) in [7, 11) is 3.02. The van der Waals surface area contributed by atoms with E-state index >= 15 is 0 Å². The van der Waals surface area contributed by atoms with E-state index in [9.17, 15) is 4.79 Å². The van der Waals surface area contributed by atoms with Gasteiger partial charge in [0.05, 0.1) is 0 Å². The molecule has 0 saturated carbocycles. The Bertz CT molecular complexity index is 160. The van der Waals surface area contributed by atoms with Crippen LogP contribution in [-0.4, -0.2) is 31.6 Å². The van der Waals surface area contributed by atoms with Gasteiger partial charge in [-0.2, -0.15) is 0 Å². The number of carboxylic acids is 1. The summed E-state index contributed by atoms with van der Waals surface area (Å²) in [5.74, 6) is -0.971. The minimum absolute atomic E-state index is 0.175. The van der Waals surface area contributed by atoms with Gasteiger partial charge in [0, 0.05) is 26.2 Å². The predicted molar refractivity (Wildman–Crippen MR) is 43.8 cm³/mol. The molecule has 0 aromatic heterocycles. The third-order valence-electron chi connectivity index (χ3n) is 1.51. The largest absolute Gasteiger partial charge is 0.478 e. The van der Waals surface area contributed by atoms with E-state index in [4.69, 9.17) is 14.6 Å². The Kier molecular flexibility index (Phi) is 5.32. The second kappa shape index (κ2) is 5.74. The summed E-state index contributed by atoms with van der Waals surface area (Å²) in [6, 6.07) is 0. The van der Waals surface area contributed by atoms with Crippen LogP contribution < -0.4 is 0 Å². The van der Waals surface area contributed by atoms with Gasteiger partial charge in [-0.15, -0.1) is 0 Å². The molecule has 4 heteroatoms. The highest BCUT2D eigenvalue weighted by atomic mass is 16.7. The van der Waals surface area contributed by atoms with Gasteiger partial charge in [0.1, 0.15) is 0 Å². The number of methoxy groups -OCH3 is 2. The maximum atomic E-state index is 10.3. The lowest BCUT2D eigenvalue weighted by Gasteiger charge is -2.12. The zero-order chi connectivity index (χ0) is 9.56. The summed E-state index contributed by atoms with van der Waals surface area (Å²) >= 11 is 0. The van der Waals surface area contributed by atoms with Gasteiger partial charge in [-0.3, -0.25) is 0 Å². The predicted octanol–water partition coefficient (Wildman–Crippen LogP) is 1.03. The molecule has 0 spiro atoms. The Labute approximate surface area is 71.8 Å². The second-order valence-electron chi connectivity index (χ2n) is 2.35. The first-order valence-electron chi connectivity index (χ1n) is 3.58. The third-order valence-corrected chi connectivity index (χ3v) is 1.51. The van der Waals surface area contributed by atoms with Crippen molar-refractivity contribution in [3.63, 3.8) is 0 Å². The molecule has 0 aliphatic carbocycles. The zero-order valence-corrected chi connectivity index (χ0v) is 7.37. The molecule has 0 unspecified atom stereocenters. The highest BCUT2D eigenvalue weighted by Gasteiger charge is 2.09. The number of aliphatic carboxylic acids is 1. The number of carboxylic acid groups (broad SMARTS) is 1. The van der Waals surface area contributed by atoms with Gasteiger partial charge in [-0.1, -0.05) is 6.58 Å². The molecule has 0 rings (SSSR count). The van der Waals surface area contributed by atoms with Gasteiger partial charge in [-0.05, 0) is 6.42 Å². The van der Waals surface area contributed by atoms with Crippen LogP contribution in [0.15, 0.2) is 12.2 Å². The van der Waals surface area contributed by atoms with Gasteiger partial charge < -0.3 is 14.6 Å². The summed E-state index contributed by atoms with van der Waals surface area (Å²) in [6.07, 6.45) is 0.542. The molecule has 0 aromatic carbocycles. The lowest BCUT2D eigenvalue weighted by atomic mass is 10.1. The lowest BCUT2D eigenvalue weighted by molar-refractivity contribution is -0.133. The van der Waals surface area contributed by atoms with E-state index < -0.39 is 5.97 Å². The van der Waals surface area contributed by atoms with Crippen LogP contribution in [0.3, 0.4) is 0 Å².